The zero-order valence-corrected chi connectivity index (χ0v) is 14.9. The molecule has 0 aromatic heterocycles. The Balaban J connectivity index is 0.000000450. The number of aliphatic carboxylic acids is 2. The first-order valence-corrected chi connectivity index (χ1v) is 8.75. The van der Waals surface area contributed by atoms with Gasteiger partial charge in [0.15, 0.2) is 0 Å². The fraction of sp³-hybridized carbons (Fsp3) is 0.765. The molecule has 142 valence electrons. The Hall–Kier alpha value is -2.12. The molecule has 0 bridgehead atoms. The molecule has 2 aliphatic heterocycles. The second-order valence-electron chi connectivity index (χ2n) is 6.92. The normalized spacial score (nSPS) is 20.0. The number of hydrogen-bond donors (Lipinski definition) is 2. The standard InChI is InChI=1S/C15H26N2O2.C2H2O4/c1-12(2)10-14(18)17-9-5-6-13(11-17)15(19)16-7-3-4-8-16;3-1(4)2(5)6/h12-13H,3-11H2,1-2H3;(H,3,4)(H,5,6). The summed E-state index contributed by atoms with van der Waals surface area (Å²) < 4.78 is 0. The molecule has 0 aromatic carbocycles. The maximum absolute atomic E-state index is 12.4. The van der Waals surface area contributed by atoms with Crippen LogP contribution in [0.15, 0.2) is 0 Å². The Bertz CT molecular complexity index is 487. The van der Waals surface area contributed by atoms with E-state index >= 15 is 0 Å². The number of nitrogens with zero attached hydrogens (tertiary/aromatic N) is 2. The van der Waals surface area contributed by atoms with Gasteiger partial charge in [-0.3, -0.25) is 9.59 Å². The lowest BCUT2D eigenvalue weighted by atomic mass is 9.95. The van der Waals surface area contributed by atoms with Gasteiger partial charge in [-0.25, -0.2) is 9.59 Å². The highest BCUT2D eigenvalue weighted by Gasteiger charge is 2.32. The SMILES string of the molecule is CC(C)CC(=O)N1CCCC(C(=O)N2CCCC2)C1.O=C(O)C(=O)O. The molecular weight excluding hydrogens is 328 g/mol. The van der Waals surface area contributed by atoms with Crippen LogP contribution in [0.25, 0.3) is 0 Å². The Morgan fingerprint density at radius 1 is 0.920 bits per heavy atom. The topological polar surface area (TPSA) is 115 Å². The van der Waals surface area contributed by atoms with Gasteiger partial charge in [-0.05, 0) is 31.6 Å². The summed E-state index contributed by atoms with van der Waals surface area (Å²) in [6.45, 7) is 7.42. The number of rotatable bonds is 3. The lowest BCUT2D eigenvalue weighted by molar-refractivity contribution is -0.159. The van der Waals surface area contributed by atoms with E-state index in [0.29, 0.717) is 18.9 Å². The average Bonchev–Trinajstić information content (AvgIpc) is 3.08. The van der Waals surface area contributed by atoms with E-state index in [-0.39, 0.29) is 17.7 Å². The van der Waals surface area contributed by atoms with Crippen molar-refractivity contribution in [2.75, 3.05) is 26.2 Å². The second-order valence-corrected chi connectivity index (χ2v) is 6.92. The molecule has 8 heteroatoms. The van der Waals surface area contributed by atoms with Crippen LogP contribution in [0.2, 0.25) is 0 Å². The van der Waals surface area contributed by atoms with E-state index in [9.17, 15) is 9.59 Å². The minimum Gasteiger partial charge on any atom is -0.473 e. The number of carboxylic acid groups (broad SMARTS) is 2. The molecule has 2 heterocycles. The Labute approximate surface area is 147 Å². The largest absolute Gasteiger partial charge is 0.473 e. The smallest absolute Gasteiger partial charge is 0.414 e. The van der Waals surface area contributed by atoms with Gasteiger partial charge >= 0.3 is 11.9 Å². The summed E-state index contributed by atoms with van der Waals surface area (Å²) in [6.07, 6.45) is 4.78. The maximum Gasteiger partial charge on any atom is 0.414 e. The number of amides is 2. The van der Waals surface area contributed by atoms with Crippen molar-refractivity contribution in [2.24, 2.45) is 11.8 Å². The third kappa shape index (κ3) is 7.11. The fourth-order valence-electron chi connectivity index (χ4n) is 3.08. The van der Waals surface area contributed by atoms with Crippen molar-refractivity contribution < 1.29 is 29.4 Å². The molecule has 25 heavy (non-hydrogen) atoms. The Morgan fingerprint density at radius 2 is 1.44 bits per heavy atom. The maximum atomic E-state index is 12.4. The van der Waals surface area contributed by atoms with Crippen LogP contribution in [0.1, 0.15) is 46.0 Å². The molecule has 0 aromatic rings. The van der Waals surface area contributed by atoms with E-state index in [1.165, 1.54) is 0 Å². The highest BCUT2D eigenvalue weighted by Crippen LogP contribution is 2.22. The van der Waals surface area contributed by atoms with Crippen molar-refractivity contribution in [3.8, 4) is 0 Å². The summed E-state index contributed by atoms with van der Waals surface area (Å²) >= 11 is 0. The lowest BCUT2D eigenvalue weighted by Crippen LogP contribution is -2.46. The molecule has 1 unspecified atom stereocenters. The summed E-state index contributed by atoms with van der Waals surface area (Å²) in [7, 11) is 0. The summed E-state index contributed by atoms with van der Waals surface area (Å²) in [4.78, 5) is 46.6. The van der Waals surface area contributed by atoms with Gasteiger partial charge in [0.25, 0.3) is 0 Å². The molecule has 2 amide bonds. The van der Waals surface area contributed by atoms with Gasteiger partial charge in [0.2, 0.25) is 11.8 Å². The number of piperidine rings is 1. The van der Waals surface area contributed by atoms with Crippen molar-refractivity contribution in [2.45, 2.75) is 46.0 Å². The zero-order valence-electron chi connectivity index (χ0n) is 14.9. The number of carbonyl (C=O) groups is 4. The first-order chi connectivity index (χ1) is 11.7. The number of carbonyl (C=O) groups excluding carboxylic acids is 2. The van der Waals surface area contributed by atoms with E-state index in [0.717, 1.165) is 45.3 Å². The van der Waals surface area contributed by atoms with Gasteiger partial charge in [-0.1, -0.05) is 13.8 Å². The quantitative estimate of drug-likeness (QED) is 0.730. The van der Waals surface area contributed by atoms with Crippen LogP contribution < -0.4 is 0 Å². The minimum absolute atomic E-state index is 0.0444. The van der Waals surface area contributed by atoms with Crippen molar-refractivity contribution >= 4 is 23.8 Å². The second kappa shape index (κ2) is 10.0. The zero-order chi connectivity index (χ0) is 19.0. The minimum atomic E-state index is -1.82. The van der Waals surface area contributed by atoms with Crippen molar-refractivity contribution in [1.29, 1.82) is 0 Å². The molecule has 0 saturated carbocycles. The summed E-state index contributed by atoms with van der Waals surface area (Å²) in [5.41, 5.74) is 0. The first-order valence-electron chi connectivity index (χ1n) is 8.75. The molecule has 8 nitrogen and oxygen atoms in total. The molecule has 2 rings (SSSR count). The third-order valence-electron chi connectivity index (χ3n) is 4.31. The molecule has 2 saturated heterocycles. The van der Waals surface area contributed by atoms with Crippen LogP contribution in [0.4, 0.5) is 0 Å². The molecular formula is C17H28N2O6. The molecule has 0 aliphatic carbocycles. The van der Waals surface area contributed by atoms with Crippen molar-refractivity contribution in [1.82, 2.24) is 9.80 Å². The molecule has 2 aliphatic rings. The number of hydrogen-bond acceptors (Lipinski definition) is 4. The molecule has 1 atom stereocenters. The number of carboxylic acids is 2. The van der Waals surface area contributed by atoms with Gasteiger partial charge in [-0.2, -0.15) is 0 Å². The molecule has 0 spiro atoms. The van der Waals surface area contributed by atoms with Gasteiger partial charge in [0.1, 0.15) is 0 Å². The van der Waals surface area contributed by atoms with Crippen LogP contribution in [-0.4, -0.2) is 69.9 Å². The van der Waals surface area contributed by atoms with E-state index in [1.54, 1.807) is 0 Å². The van der Waals surface area contributed by atoms with E-state index < -0.39 is 11.9 Å². The highest BCUT2D eigenvalue weighted by molar-refractivity contribution is 6.27. The van der Waals surface area contributed by atoms with Gasteiger partial charge in [0, 0.05) is 32.6 Å². The summed E-state index contributed by atoms with van der Waals surface area (Å²) in [5, 5.41) is 14.8. The van der Waals surface area contributed by atoms with Crippen molar-refractivity contribution in [3.63, 3.8) is 0 Å². The van der Waals surface area contributed by atoms with E-state index in [2.05, 4.69) is 13.8 Å². The fourth-order valence-corrected chi connectivity index (χ4v) is 3.08. The predicted octanol–water partition coefficient (Wildman–Crippen LogP) is 1.05. The van der Waals surface area contributed by atoms with Crippen LogP contribution in [-0.2, 0) is 19.2 Å². The molecule has 2 fully saturated rings. The van der Waals surface area contributed by atoms with Crippen LogP contribution in [0, 0.1) is 11.8 Å². The van der Waals surface area contributed by atoms with E-state index in [4.69, 9.17) is 19.8 Å². The van der Waals surface area contributed by atoms with Gasteiger partial charge in [-0.15, -0.1) is 0 Å². The van der Waals surface area contributed by atoms with Crippen molar-refractivity contribution in [3.05, 3.63) is 0 Å². The van der Waals surface area contributed by atoms with Crippen LogP contribution in [0.5, 0.6) is 0 Å². The molecule has 0 radical (unpaired) electrons. The predicted molar refractivity (Wildman–Crippen MR) is 89.8 cm³/mol. The first kappa shape index (κ1) is 20.9. The number of likely N-dealkylation sites (tertiary alicyclic amines) is 2. The monoisotopic (exact) mass is 356 g/mol. The van der Waals surface area contributed by atoms with Crippen LogP contribution in [0.3, 0.4) is 0 Å². The lowest BCUT2D eigenvalue weighted by Gasteiger charge is -2.34. The van der Waals surface area contributed by atoms with Crippen LogP contribution >= 0.6 is 0 Å². The summed E-state index contributed by atoms with van der Waals surface area (Å²) in [6, 6.07) is 0. The Kier molecular flexibility index (Phi) is 8.37. The van der Waals surface area contributed by atoms with Gasteiger partial charge < -0.3 is 20.0 Å². The third-order valence-corrected chi connectivity index (χ3v) is 4.31. The summed E-state index contributed by atoms with van der Waals surface area (Å²) in [5.74, 6) is -2.72. The molecule has 2 N–H and O–H groups in total. The average molecular weight is 356 g/mol. The Morgan fingerprint density at radius 3 is 1.92 bits per heavy atom. The highest BCUT2D eigenvalue weighted by atomic mass is 16.4. The van der Waals surface area contributed by atoms with E-state index in [1.807, 2.05) is 9.80 Å². The van der Waals surface area contributed by atoms with Gasteiger partial charge in [0.05, 0.1) is 5.92 Å².